The molecule has 7 nitrogen and oxygen atoms in total. The first-order chi connectivity index (χ1) is 14.8. The van der Waals surface area contributed by atoms with Crippen LogP contribution in [0.2, 0.25) is 0 Å². The maximum atomic E-state index is 12.7. The number of hydrogen-bond acceptors (Lipinski definition) is 7. The lowest BCUT2D eigenvalue weighted by molar-refractivity contribution is -0.142. The van der Waals surface area contributed by atoms with Gasteiger partial charge < -0.3 is 10.4 Å². The molecule has 7 heteroatoms. The molecule has 1 aliphatic heterocycles. The Labute approximate surface area is 184 Å². The predicted octanol–water partition coefficient (Wildman–Crippen LogP) is 2.34. The molecule has 0 bridgehead atoms. The van der Waals surface area contributed by atoms with Gasteiger partial charge in [0.2, 0.25) is 0 Å². The van der Waals surface area contributed by atoms with E-state index in [4.69, 9.17) is 9.68 Å². The SMILES string of the molecule is CONC1=C[C@H]2[C@@H]3CCC(=O)[C@@]3(C)CC[C@@H]2[C@@]2(C)CCC(NO[C@@H]3CCNC3)=C[C@]12O. The molecule has 1 heterocycles. The number of allylic oxidation sites excluding steroid dienone is 2. The third kappa shape index (κ3) is 3.11. The summed E-state index contributed by atoms with van der Waals surface area (Å²) in [6.07, 6.45) is 10.5. The molecule has 0 amide bonds. The van der Waals surface area contributed by atoms with Crippen LogP contribution >= 0.6 is 0 Å². The molecule has 3 fully saturated rings. The van der Waals surface area contributed by atoms with Crippen molar-refractivity contribution in [1.82, 2.24) is 16.3 Å². The number of rotatable bonds is 5. The standard InChI is InChI=1S/C24H37N3O4/c1-22-9-7-19-17(18(22)4-5-21(22)28)12-20(27-30-3)24(29)13-15(6-10-23(19,24)2)26-31-16-8-11-25-14-16/h12-13,16-19,25-27,29H,4-11,14H2,1-3H3/t16-,17+,18+,19+,22+,23-,24+/m1/s1. The maximum Gasteiger partial charge on any atom is 0.139 e. The van der Waals surface area contributed by atoms with Crippen molar-refractivity contribution in [3.63, 3.8) is 0 Å². The van der Waals surface area contributed by atoms with Gasteiger partial charge in [-0.25, -0.2) is 0 Å². The number of hydrogen-bond donors (Lipinski definition) is 4. The first-order valence-electron chi connectivity index (χ1n) is 11.9. The van der Waals surface area contributed by atoms with Gasteiger partial charge in [0.1, 0.15) is 11.4 Å². The van der Waals surface area contributed by atoms with Gasteiger partial charge in [-0.3, -0.25) is 25.4 Å². The van der Waals surface area contributed by atoms with Gasteiger partial charge in [0, 0.05) is 29.5 Å². The van der Waals surface area contributed by atoms with Crippen molar-refractivity contribution in [3.05, 3.63) is 23.5 Å². The van der Waals surface area contributed by atoms with E-state index in [2.05, 4.69) is 36.2 Å². The van der Waals surface area contributed by atoms with E-state index in [9.17, 15) is 9.90 Å². The largest absolute Gasteiger partial charge is 0.379 e. The average molecular weight is 432 g/mol. The Balaban J connectivity index is 1.48. The van der Waals surface area contributed by atoms with Crippen LogP contribution in [-0.2, 0) is 14.5 Å². The highest BCUT2D eigenvalue weighted by atomic mass is 16.7. The van der Waals surface area contributed by atoms with Gasteiger partial charge >= 0.3 is 0 Å². The number of fused-ring (bicyclic) bond motifs is 5. The Bertz CT molecular complexity index is 807. The van der Waals surface area contributed by atoms with Crippen molar-refractivity contribution < 1.29 is 19.6 Å². The van der Waals surface area contributed by atoms with Crippen LogP contribution in [0, 0.1) is 28.6 Å². The lowest BCUT2D eigenvalue weighted by Gasteiger charge is -2.60. The normalized spacial score (nSPS) is 46.5. The molecule has 0 aromatic carbocycles. The number of hydroxylamine groups is 2. The van der Waals surface area contributed by atoms with Crippen LogP contribution in [0.25, 0.3) is 0 Å². The molecular formula is C24H37N3O4. The zero-order valence-corrected chi connectivity index (χ0v) is 19.0. The Morgan fingerprint density at radius 3 is 2.71 bits per heavy atom. The highest BCUT2D eigenvalue weighted by molar-refractivity contribution is 5.87. The molecule has 7 atom stereocenters. The molecule has 4 aliphatic carbocycles. The molecule has 0 radical (unpaired) electrons. The molecule has 0 unspecified atom stereocenters. The van der Waals surface area contributed by atoms with E-state index in [1.165, 1.54) is 0 Å². The second-order valence-corrected chi connectivity index (χ2v) is 10.8. The number of ketones is 1. The fourth-order valence-corrected chi connectivity index (χ4v) is 7.38. The van der Waals surface area contributed by atoms with Crippen LogP contribution < -0.4 is 16.3 Å². The summed E-state index contributed by atoms with van der Waals surface area (Å²) in [6.45, 7) is 6.22. The maximum absolute atomic E-state index is 12.7. The van der Waals surface area contributed by atoms with Crippen molar-refractivity contribution in [2.75, 3.05) is 20.2 Å². The minimum atomic E-state index is -1.17. The fourth-order valence-electron chi connectivity index (χ4n) is 7.38. The van der Waals surface area contributed by atoms with E-state index in [1.807, 2.05) is 6.08 Å². The van der Waals surface area contributed by atoms with Gasteiger partial charge in [0.25, 0.3) is 0 Å². The number of nitrogens with one attached hydrogen (secondary N) is 3. The summed E-state index contributed by atoms with van der Waals surface area (Å²) in [5, 5.41) is 15.4. The topological polar surface area (TPSA) is 91.9 Å². The average Bonchev–Trinajstić information content (AvgIpc) is 3.36. The quantitative estimate of drug-likeness (QED) is 0.497. The highest BCUT2D eigenvalue weighted by Gasteiger charge is 2.64. The van der Waals surface area contributed by atoms with Crippen molar-refractivity contribution in [3.8, 4) is 0 Å². The lowest BCUT2D eigenvalue weighted by Crippen LogP contribution is -2.62. The molecule has 5 rings (SSSR count). The summed E-state index contributed by atoms with van der Waals surface area (Å²) in [6, 6.07) is 0. The van der Waals surface area contributed by atoms with Crippen LogP contribution in [-0.4, -0.2) is 42.8 Å². The molecule has 1 saturated heterocycles. The van der Waals surface area contributed by atoms with E-state index in [0.717, 1.165) is 57.3 Å². The molecule has 172 valence electrons. The molecule has 31 heavy (non-hydrogen) atoms. The Kier molecular flexibility index (Phi) is 5.24. The predicted molar refractivity (Wildman–Crippen MR) is 116 cm³/mol. The Morgan fingerprint density at radius 1 is 1.13 bits per heavy atom. The number of aliphatic hydroxyl groups is 1. The van der Waals surface area contributed by atoms with Crippen molar-refractivity contribution in [1.29, 1.82) is 0 Å². The van der Waals surface area contributed by atoms with Crippen LogP contribution in [0.5, 0.6) is 0 Å². The second kappa shape index (κ2) is 7.58. The molecule has 0 aromatic rings. The Morgan fingerprint density at radius 2 is 1.97 bits per heavy atom. The molecule has 0 spiro atoms. The molecular weight excluding hydrogens is 394 g/mol. The summed E-state index contributed by atoms with van der Waals surface area (Å²) < 4.78 is 0. The minimum absolute atomic E-state index is 0.155. The number of carbonyl (C=O) groups is 1. The smallest absolute Gasteiger partial charge is 0.139 e. The molecule has 0 aromatic heterocycles. The van der Waals surface area contributed by atoms with E-state index >= 15 is 0 Å². The van der Waals surface area contributed by atoms with Gasteiger partial charge in [-0.2, -0.15) is 0 Å². The number of carbonyl (C=O) groups excluding carboxylic acids is 1. The van der Waals surface area contributed by atoms with Gasteiger partial charge in [0.15, 0.2) is 0 Å². The second-order valence-electron chi connectivity index (χ2n) is 10.8. The fraction of sp³-hybridized carbons (Fsp3) is 0.792. The summed E-state index contributed by atoms with van der Waals surface area (Å²) >= 11 is 0. The van der Waals surface area contributed by atoms with E-state index in [1.54, 1.807) is 7.11 Å². The van der Waals surface area contributed by atoms with E-state index in [-0.39, 0.29) is 22.9 Å². The first-order valence-corrected chi connectivity index (χ1v) is 11.9. The van der Waals surface area contributed by atoms with Gasteiger partial charge in [0.05, 0.1) is 18.9 Å². The highest BCUT2D eigenvalue weighted by Crippen LogP contribution is 2.65. The summed E-state index contributed by atoms with van der Waals surface area (Å²) in [5.41, 5.74) is 6.05. The lowest BCUT2D eigenvalue weighted by atomic mass is 9.46. The van der Waals surface area contributed by atoms with Crippen molar-refractivity contribution in [2.45, 2.75) is 70.5 Å². The van der Waals surface area contributed by atoms with Crippen molar-refractivity contribution >= 4 is 5.78 Å². The molecule has 2 saturated carbocycles. The Hall–Kier alpha value is -1.41. The van der Waals surface area contributed by atoms with Crippen LogP contribution in [0.3, 0.4) is 0 Å². The van der Waals surface area contributed by atoms with Crippen LogP contribution in [0.15, 0.2) is 23.5 Å². The van der Waals surface area contributed by atoms with Gasteiger partial charge in [-0.05, 0) is 68.9 Å². The van der Waals surface area contributed by atoms with Crippen LogP contribution in [0.1, 0.15) is 58.8 Å². The van der Waals surface area contributed by atoms with Gasteiger partial charge in [-0.1, -0.05) is 19.9 Å². The van der Waals surface area contributed by atoms with Crippen molar-refractivity contribution in [2.24, 2.45) is 28.6 Å². The van der Waals surface area contributed by atoms with E-state index < -0.39 is 5.60 Å². The zero-order valence-electron chi connectivity index (χ0n) is 19.0. The summed E-state index contributed by atoms with van der Waals surface area (Å²) in [5.74, 6) is 1.37. The summed E-state index contributed by atoms with van der Waals surface area (Å²) in [7, 11) is 1.58. The zero-order chi connectivity index (χ0) is 21.9. The minimum Gasteiger partial charge on any atom is -0.379 e. The van der Waals surface area contributed by atoms with E-state index in [0.29, 0.717) is 29.7 Å². The molecule has 4 N–H and O–H groups in total. The first kappa shape index (κ1) is 21.4. The van der Waals surface area contributed by atoms with Crippen LogP contribution in [0.4, 0.5) is 0 Å². The third-order valence-electron chi connectivity index (χ3n) is 9.38. The monoisotopic (exact) mass is 431 g/mol. The van der Waals surface area contributed by atoms with Gasteiger partial charge in [-0.15, -0.1) is 0 Å². The number of Topliss-reactive ketones (excluding diaryl/α,β-unsaturated/α-hetero) is 1. The molecule has 5 aliphatic rings. The third-order valence-corrected chi connectivity index (χ3v) is 9.38. The summed E-state index contributed by atoms with van der Waals surface area (Å²) in [4.78, 5) is 23.9.